The van der Waals surface area contributed by atoms with Gasteiger partial charge in [-0.3, -0.25) is 0 Å². The number of ether oxygens (including phenoxy) is 1. The van der Waals surface area contributed by atoms with Crippen LogP contribution in [0.2, 0.25) is 0 Å². The molecule has 1 aliphatic rings. The number of nitrogens with one attached hydrogen (secondary N) is 1. The van der Waals surface area contributed by atoms with Gasteiger partial charge in [-0.1, -0.05) is 28.1 Å². The predicted octanol–water partition coefficient (Wildman–Crippen LogP) is 4.99. The molecule has 0 aliphatic carbocycles. The summed E-state index contributed by atoms with van der Waals surface area (Å²) in [5.41, 5.74) is 2.40. The molecular weight excluding hydrogens is 417 g/mol. The summed E-state index contributed by atoms with van der Waals surface area (Å²) in [7, 11) is 0. The van der Waals surface area contributed by atoms with Crippen molar-refractivity contribution in [2.75, 3.05) is 11.9 Å². The topological polar surface area (TPSA) is 21.3 Å². The second-order valence-electron chi connectivity index (χ2n) is 4.50. The maximum absolute atomic E-state index is 5.71. The molecule has 0 spiro atoms. The lowest BCUT2D eigenvalue weighted by molar-refractivity contribution is 0.274. The van der Waals surface area contributed by atoms with Gasteiger partial charge >= 0.3 is 0 Å². The van der Waals surface area contributed by atoms with Crippen LogP contribution in [-0.2, 0) is 0 Å². The number of para-hydroxylation sites is 1. The fourth-order valence-electron chi connectivity index (χ4n) is 2.28. The number of anilines is 1. The van der Waals surface area contributed by atoms with Crippen molar-refractivity contribution in [1.82, 2.24) is 0 Å². The average molecular weight is 430 g/mol. The standard InChI is InChI=1S/C15H13BrINO/c16-10-5-6-15-11(9-10)13(7-8-19-15)18-14-4-2-1-3-12(14)17/h1-6,9,13,18H,7-8H2. The third kappa shape index (κ3) is 2.89. The summed E-state index contributed by atoms with van der Waals surface area (Å²) in [6.45, 7) is 0.760. The molecule has 1 aliphatic heterocycles. The third-order valence-electron chi connectivity index (χ3n) is 3.21. The summed E-state index contributed by atoms with van der Waals surface area (Å²) in [6.07, 6.45) is 0.981. The molecule has 2 aromatic carbocycles. The Morgan fingerprint density at radius 2 is 2.05 bits per heavy atom. The minimum Gasteiger partial charge on any atom is -0.493 e. The summed E-state index contributed by atoms with van der Waals surface area (Å²) in [4.78, 5) is 0. The molecule has 0 saturated heterocycles. The number of fused-ring (bicyclic) bond motifs is 1. The first-order valence-corrected chi connectivity index (χ1v) is 8.04. The van der Waals surface area contributed by atoms with Crippen LogP contribution in [0.15, 0.2) is 46.9 Å². The van der Waals surface area contributed by atoms with Gasteiger partial charge in [0, 0.05) is 25.7 Å². The Labute approximate surface area is 134 Å². The largest absolute Gasteiger partial charge is 0.493 e. The van der Waals surface area contributed by atoms with Gasteiger partial charge in [0.05, 0.1) is 12.6 Å². The van der Waals surface area contributed by atoms with Crippen molar-refractivity contribution >= 4 is 44.2 Å². The zero-order valence-electron chi connectivity index (χ0n) is 10.2. The molecule has 3 rings (SSSR count). The zero-order valence-corrected chi connectivity index (χ0v) is 13.9. The van der Waals surface area contributed by atoms with Crippen molar-refractivity contribution in [1.29, 1.82) is 0 Å². The molecule has 0 saturated carbocycles. The van der Waals surface area contributed by atoms with E-state index in [-0.39, 0.29) is 0 Å². The van der Waals surface area contributed by atoms with Gasteiger partial charge in [-0.15, -0.1) is 0 Å². The lowest BCUT2D eigenvalue weighted by atomic mass is 10.0. The maximum atomic E-state index is 5.71. The summed E-state index contributed by atoms with van der Waals surface area (Å²) in [6, 6.07) is 14.8. The highest BCUT2D eigenvalue weighted by atomic mass is 127. The highest BCUT2D eigenvalue weighted by molar-refractivity contribution is 14.1. The Hall–Kier alpha value is -0.750. The lowest BCUT2D eigenvalue weighted by Gasteiger charge is -2.28. The summed E-state index contributed by atoms with van der Waals surface area (Å²) >= 11 is 5.89. The number of rotatable bonds is 2. The van der Waals surface area contributed by atoms with E-state index in [2.05, 4.69) is 74.2 Å². The van der Waals surface area contributed by atoms with Gasteiger partial charge in [0.15, 0.2) is 0 Å². The first-order chi connectivity index (χ1) is 9.24. The number of hydrogen-bond donors (Lipinski definition) is 1. The quantitative estimate of drug-likeness (QED) is 0.679. The van der Waals surface area contributed by atoms with E-state index in [1.165, 1.54) is 14.8 Å². The van der Waals surface area contributed by atoms with Crippen molar-refractivity contribution < 1.29 is 4.74 Å². The molecule has 0 amide bonds. The van der Waals surface area contributed by atoms with Gasteiger partial charge in [0.1, 0.15) is 5.75 Å². The molecule has 2 nitrogen and oxygen atoms in total. The molecule has 1 heterocycles. The van der Waals surface area contributed by atoms with E-state index in [1.807, 2.05) is 12.1 Å². The zero-order chi connectivity index (χ0) is 13.2. The first kappa shape index (κ1) is 13.2. The number of hydrogen-bond acceptors (Lipinski definition) is 2. The van der Waals surface area contributed by atoms with Crippen LogP contribution in [0.4, 0.5) is 5.69 Å². The van der Waals surface area contributed by atoms with Crippen LogP contribution >= 0.6 is 38.5 Å². The molecule has 0 bridgehead atoms. The monoisotopic (exact) mass is 429 g/mol. The number of halogens is 2. The molecule has 0 radical (unpaired) electrons. The molecule has 1 N–H and O–H groups in total. The Balaban J connectivity index is 1.92. The van der Waals surface area contributed by atoms with Crippen LogP contribution in [0, 0.1) is 3.57 Å². The van der Waals surface area contributed by atoms with Gasteiger partial charge in [0.25, 0.3) is 0 Å². The van der Waals surface area contributed by atoms with E-state index >= 15 is 0 Å². The van der Waals surface area contributed by atoms with Crippen LogP contribution in [0.5, 0.6) is 5.75 Å². The Bertz CT molecular complexity index is 602. The summed E-state index contributed by atoms with van der Waals surface area (Å²) in [5, 5.41) is 3.62. The van der Waals surface area contributed by atoms with Crippen molar-refractivity contribution in [3.05, 3.63) is 56.1 Å². The highest BCUT2D eigenvalue weighted by Gasteiger charge is 2.22. The molecule has 1 unspecified atom stereocenters. The molecular formula is C15H13BrINO. The maximum Gasteiger partial charge on any atom is 0.124 e. The van der Waals surface area contributed by atoms with E-state index in [0.717, 1.165) is 23.2 Å². The summed E-state index contributed by atoms with van der Waals surface area (Å²) < 4.78 is 8.04. The predicted molar refractivity (Wildman–Crippen MR) is 89.8 cm³/mol. The van der Waals surface area contributed by atoms with E-state index in [9.17, 15) is 0 Å². The minimum atomic E-state index is 0.303. The molecule has 19 heavy (non-hydrogen) atoms. The molecule has 2 aromatic rings. The van der Waals surface area contributed by atoms with Crippen LogP contribution in [0.1, 0.15) is 18.0 Å². The van der Waals surface area contributed by atoms with E-state index in [4.69, 9.17) is 4.74 Å². The Kier molecular flexibility index (Phi) is 3.98. The van der Waals surface area contributed by atoms with Crippen LogP contribution in [0.25, 0.3) is 0 Å². The molecule has 0 aromatic heterocycles. The SMILES string of the molecule is Brc1ccc2c(c1)C(Nc1ccccc1I)CCO2. The third-order valence-corrected chi connectivity index (χ3v) is 4.65. The lowest BCUT2D eigenvalue weighted by Crippen LogP contribution is -2.20. The Morgan fingerprint density at radius 1 is 1.21 bits per heavy atom. The van der Waals surface area contributed by atoms with Crippen LogP contribution in [0.3, 0.4) is 0 Å². The van der Waals surface area contributed by atoms with E-state index in [0.29, 0.717) is 6.04 Å². The fraction of sp³-hybridized carbons (Fsp3) is 0.200. The molecule has 98 valence electrons. The van der Waals surface area contributed by atoms with Crippen molar-refractivity contribution in [3.63, 3.8) is 0 Å². The molecule has 1 atom stereocenters. The second-order valence-corrected chi connectivity index (χ2v) is 6.57. The molecule has 4 heteroatoms. The van der Waals surface area contributed by atoms with Crippen LogP contribution in [-0.4, -0.2) is 6.61 Å². The van der Waals surface area contributed by atoms with Gasteiger partial charge < -0.3 is 10.1 Å². The Morgan fingerprint density at radius 3 is 2.89 bits per heavy atom. The smallest absolute Gasteiger partial charge is 0.124 e. The van der Waals surface area contributed by atoms with Gasteiger partial charge in [0.2, 0.25) is 0 Å². The van der Waals surface area contributed by atoms with Crippen LogP contribution < -0.4 is 10.1 Å². The second kappa shape index (κ2) is 5.71. The first-order valence-electron chi connectivity index (χ1n) is 6.17. The van der Waals surface area contributed by atoms with Gasteiger partial charge in [-0.2, -0.15) is 0 Å². The highest BCUT2D eigenvalue weighted by Crippen LogP contribution is 2.36. The van der Waals surface area contributed by atoms with Gasteiger partial charge in [-0.05, 0) is 52.9 Å². The van der Waals surface area contributed by atoms with Crippen molar-refractivity contribution in [3.8, 4) is 5.75 Å². The fourth-order valence-corrected chi connectivity index (χ4v) is 3.20. The van der Waals surface area contributed by atoms with E-state index < -0.39 is 0 Å². The van der Waals surface area contributed by atoms with E-state index in [1.54, 1.807) is 0 Å². The average Bonchev–Trinajstić information content (AvgIpc) is 2.42. The summed E-state index contributed by atoms with van der Waals surface area (Å²) in [5.74, 6) is 0.984. The molecule has 0 fully saturated rings. The normalized spacial score (nSPS) is 17.5. The minimum absolute atomic E-state index is 0.303. The van der Waals surface area contributed by atoms with Crippen molar-refractivity contribution in [2.45, 2.75) is 12.5 Å². The van der Waals surface area contributed by atoms with Gasteiger partial charge in [-0.25, -0.2) is 0 Å². The number of benzene rings is 2. The van der Waals surface area contributed by atoms with Crippen molar-refractivity contribution in [2.24, 2.45) is 0 Å².